The van der Waals surface area contributed by atoms with Gasteiger partial charge in [0.25, 0.3) is 0 Å². The molecule has 0 aromatic heterocycles. The summed E-state index contributed by atoms with van der Waals surface area (Å²) in [5, 5.41) is 19.3. The minimum absolute atomic E-state index is 0.347. The van der Waals surface area contributed by atoms with Crippen LogP contribution in [-0.4, -0.2) is 22.8 Å². The zero-order chi connectivity index (χ0) is 13.4. The molecule has 4 heteroatoms. The Morgan fingerprint density at radius 1 is 1.11 bits per heavy atom. The summed E-state index contributed by atoms with van der Waals surface area (Å²) in [6.07, 6.45) is 0. The molecule has 0 spiro atoms. The molecule has 2 aromatic rings. The molecule has 0 aliphatic carbocycles. The molecule has 18 heavy (non-hydrogen) atoms. The van der Waals surface area contributed by atoms with Gasteiger partial charge in [-0.3, -0.25) is 0 Å². The van der Waals surface area contributed by atoms with Gasteiger partial charge in [-0.05, 0) is 12.1 Å². The summed E-state index contributed by atoms with van der Waals surface area (Å²) in [6.45, 7) is 0. The van der Waals surface area contributed by atoms with E-state index in [0.717, 1.165) is 5.56 Å². The second kappa shape index (κ2) is 7.45. The predicted molar refractivity (Wildman–Crippen MR) is 72.8 cm³/mol. The molecule has 2 aromatic carbocycles. The summed E-state index contributed by atoms with van der Waals surface area (Å²) in [4.78, 5) is 0. The Hall–Kier alpha value is -1.87. The standard InChI is InChI=1S/C7H6N2.C7H6O.Li/c8-5-6-3-1-2-4-7(6)9;1-6-4-2-3-5-7(6)8;/h1-4H,9H2;1-5,8H;. The van der Waals surface area contributed by atoms with Crippen LogP contribution in [0.1, 0.15) is 11.1 Å². The van der Waals surface area contributed by atoms with Crippen LogP contribution in [0, 0.1) is 16.4 Å². The van der Waals surface area contributed by atoms with E-state index in [-0.39, 0.29) is 0 Å². The van der Waals surface area contributed by atoms with Crippen LogP contribution in [0.2, 0.25) is 0 Å². The quantitative estimate of drug-likeness (QED) is 0.584. The van der Waals surface area contributed by atoms with E-state index in [0.29, 0.717) is 17.0 Å². The van der Waals surface area contributed by atoms with Crippen molar-refractivity contribution >= 4 is 23.4 Å². The fourth-order valence-corrected chi connectivity index (χ4v) is 1.33. The van der Waals surface area contributed by atoms with Crippen LogP contribution in [-0.2, 0) is 0 Å². The number of nitrogen functional groups attached to an aromatic ring is 1. The molecule has 0 saturated carbocycles. The van der Waals surface area contributed by atoms with Gasteiger partial charge in [0.05, 0.1) is 5.56 Å². The van der Waals surface area contributed by atoms with Crippen LogP contribution in [0.5, 0.6) is 5.75 Å². The number of nitrogens with zero attached hydrogens (tertiary/aromatic N) is 1. The molecule has 0 atom stereocenters. The van der Waals surface area contributed by atoms with Crippen LogP contribution in [0.25, 0.3) is 0 Å². The summed E-state index contributed by atoms with van der Waals surface area (Å²) in [5.41, 5.74) is 7.38. The summed E-state index contributed by atoms with van der Waals surface area (Å²) < 4.78 is 0. The normalized spacial score (nSPS) is 8.94. The van der Waals surface area contributed by atoms with Crippen molar-refractivity contribution in [2.75, 3.05) is 5.73 Å². The van der Waals surface area contributed by atoms with Gasteiger partial charge in [0.2, 0.25) is 0 Å². The Bertz CT molecular complexity index is 543. The Labute approximate surface area is 116 Å². The molecule has 0 amide bonds. The van der Waals surface area contributed by atoms with E-state index in [1.807, 2.05) is 47.1 Å². The Kier molecular flexibility index (Phi) is 5.87. The minimum atomic E-state index is 0.347. The van der Waals surface area contributed by atoms with Crippen molar-refractivity contribution in [3.63, 3.8) is 0 Å². The van der Waals surface area contributed by atoms with Gasteiger partial charge in [-0.15, -0.1) is 0 Å². The molecule has 0 aliphatic heterocycles. The van der Waals surface area contributed by atoms with Crippen LogP contribution in [0.4, 0.5) is 5.69 Å². The first-order valence-electron chi connectivity index (χ1n) is 5.51. The van der Waals surface area contributed by atoms with Crippen molar-refractivity contribution in [2.45, 2.75) is 0 Å². The van der Waals surface area contributed by atoms with E-state index in [1.165, 1.54) is 0 Å². The number of hydrogen-bond donors (Lipinski definition) is 2. The van der Waals surface area contributed by atoms with E-state index < -0.39 is 0 Å². The summed E-state index contributed by atoms with van der Waals surface area (Å²) in [5.74, 6) is 0.347. The first-order valence-corrected chi connectivity index (χ1v) is 5.51. The maximum atomic E-state index is 9.08. The van der Waals surface area contributed by atoms with Crippen LogP contribution in [0.3, 0.4) is 0 Å². The van der Waals surface area contributed by atoms with Gasteiger partial charge in [0.15, 0.2) is 0 Å². The van der Waals surface area contributed by atoms with E-state index in [4.69, 9.17) is 16.1 Å². The molecule has 0 bridgehead atoms. The summed E-state index contributed by atoms with van der Waals surface area (Å²) in [6, 6.07) is 16.2. The van der Waals surface area contributed by atoms with Crippen molar-refractivity contribution in [1.29, 1.82) is 5.26 Å². The van der Waals surface area contributed by atoms with Crippen molar-refractivity contribution in [1.82, 2.24) is 0 Å². The zero-order valence-electron chi connectivity index (χ0n) is 10.2. The number of nitrogens with two attached hydrogens (primary N) is 1. The molecule has 2 rings (SSSR count). The van der Waals surface area contributed by atoms with Crippen molar-refractivity contribution < 1.29 is 5.11 Å². The molecule has 0 saturated heterocycles. The van der Waals surface area contributed by atoms with Crippen molar-refractivity contribution in [3.05, 3.63) is 64.8 Å². The van der Waals surface area contributed by atoms with Gasteiger partial charge in [0, 0.05) is 5.69 Å². The molecule has 0 unspecified atom stereocenters. The average molecular weight is 231 g/mol. The molecule has 0 heterocycles. The molecule has 0 aliphatic rings. The average Bonchev–Trinajstić information content (AvgIpc) is 2.41. The molecular formula is C14H12LiN2O. The van der Waals surface area contributed by atoms with Gasteiger partial charge < -0.3 is 5.73 Å². The van der Waals surface area contributed by atoms with E-state index >= 15 is 0 Å². The number of anilines is 1. The fourth-order valence-electron chi connectivity index (χ4n) is 1.33. The van der Waals surface area contributed by atoms with E-state index in [9.17, 15) is 0 Å². The monoisotopic (exact) mass is 231 g/mol. The first-order chi connectivity index (χ1) is 8.69. The third-order valence-electron chi connectivity index (χ3n) is 2.33. The molecule has 3 nitrogen and oxygen atoms in total. The van der Waals surface area contributed by atoms with Crippen LogP contribution in [0.15, 0.2) is 48.5 Å². The first kappa shape index (κ1) is 14.2. The number of benzene rings is 2. The topological polar surface area (TPSA) is 70.0 Å². The van der Waals surface area contributed by atoms with Gasteiger partial charge >= 0.3 is 63.5 Å². The molecule has 85 valence electrons. The van der Waals surface area contributed by atoms with Crippen molar-refractivity contribution in [3.8, 4) is 11.8 Å². The summed E-state index contributed by atoms with van der Waals surface area (Å²) >= 11 is 1.90. The molecule has 0 fully saturated rings. The Balaban J connectivity index is 0.000000180. The van der Waals surface area contributed by atoms with Gasteiger partial charge in [-0.25, -0.2) is 0 Å². The second-order valence-corrected chi connectivity index (χ2v) is 3.55. The SMILES string of the molecule is N#Cc1ccccc1N.[Li][CH]c1ccccc1O. The van der Waals surface area contributed by atoms with Crippen LogP contribution < -0.4 is 5.73 Å². The fraction of sp³-hybridized carbons (Fsp3) is 0. The van der Waals surface area contributed by atoms with E-state index in [1.54, 1.807) is 30.3 Å². The predicted octanol–water partition coefficient (Wildman–Crippen LogP) is 2.21. The number of aromatic hydroxyl groups is 1. The third-order valence-corrected chi connectivity index (χ3v) is 2.33. The van der Waals surface area contributed by atoms with Crippen molar-refractivity contribution in [2.24, 2.45) is 0 Å². The van der Waals surface area contributed by atoms with Crippen LogP contribution >= 0.6 is 0 Å². The number of phenolic OH excluding ortho intramolecular Hbond substituents is 1. The molecule has 3 N–H and O–H groups in total. The van der Waals surface area contributed by atoms with E-state index in [2.05, 4.69) is 0 Å². The van der Waals surface area contributed by atoms with Gasteiger partial charge in [-0.1, -0.05) is 12.1 Å². The summed E-state index contributed by atoms with van der Waals surface area (Å²) in [7, 11) is 0. The number of hydrogen-bond acceptors (Lipinski definition) is 3. The third kappa shape index (κ3) is 4.18. The second-order valence-electron chi connectivity index (χ2n) is 3.55. The number of phenols is 1. The van der Waals surface area contributed by atoms with Gasteiger partial charge in [-0.2, -0.15) is 5.26 Å². The molecular weight excluding hydrogens is 219 g/mol. The number of rotatable bonds is 1. The molecule has 1 radical (unpaired) electrons. The van der Waals surface area contributed by atoms with Gasteiger partial charge in [0.1, 0.15) is 6.07 Å². The Morgan fingerprint density at radius 2 is 1.72 bits per heavy atom. The number of nitriles is 1. The number of para-hydroxylation sites is 2. The Morgan fingerprint density at radius 3 is 2.17 bits per heavy atom. The maximum absolute atomic E-state index is 9.08. The zero-order valence-corrected chi connectivity index (χ0v) is 10.2.